The van der Waals surface area contributed by atoms with Crippen molar-refractivity contribution in [3.05, 3.63) is 18.0 Å². The third-order valence-corrected chi connectivity index (χ3v) is 4.39. The molecule has 124 valence electrons. The number of carboxylic acids is 1. The van der Waals surface area contributed by atoms with Gasteiger partial charge in [0.15, 0.2) is 0 Å². The number of aryl methyl sites for hydroxylation is 1. The molecule has 2 rings (SSSR count). The molecule has 1 aliphatic heterocycles. The molecule has 1 atom stereocenters. The summed E-state index contributed by atoms with van der Waals surface area (Å²) in [5, 5.41) is 13.0. The summed E-state index contributed by atoms with van der Waals surface area (Å²) < 4.78 is 1.73. The van der Waals surface area contributed by atoms with Crippen LogP contribution in [0.3, 0.4) is 0 Å². The summed E-state index contributed by atoms with van der Waals surface area (Å²) >= 11 is 0. The first kappa shape index (κ1) is 17.0. The molecule has 1 aliphatic rings. The molecule has 0 aromatic carbocycles. The van der Waals surface area contributed by atoms with Gasteiger partial charge in [0.25, 0.3) is 0 Å². The van der Waals surface area contributed by atoms with Crippen molar-refractivity contribution in [3.8, 4) is 0 Å². The van der Waals surface area contributed by atoms with Gasteiger partial charge in [-0.3, -0.25) is 19.3 Å². The third kappa shape index (κ3) is 4.55. The van der Waals surface area contributed by atoms with Crippen LogP contribution in [0.5, 0.6) is 0 Å². The zero-order valence-electron chi connectivity index (χ0n) is 13.9. The van der Waals surface area contributed by atoms with Crippen LogP contribution in [-0.2, 0) is 17.9 Å². The number of carbonyl (C=O) groups is 1. The molecule has 1 N–H and O–H groups in total. The van der Waals surface area contributed by atoms with Crippen LogP contribution in [-0.4, -0.2) is 62.4 Å². The van der Waals surface area contributed by atoms with E-state index in [4.69, 9.17) is 5.11 Å². The fraction of sp³-hybridized carbons (Fsp3) is 0.750. The zero-order chi connectivity index (χ0) is 16.1. The summed E-state index contributed by atoms with van der Waals surface area (Å²) in [6, 6.07) is 1.22. The number of aliphatic carboxylic acids is 1. The van der Waals surface area contributed by atoms with Crippen LogP contribution in [0.2, 0.25) is 0 Å². The van der Waals surface area contributed by atoms with Crippen LogP contribution in [0.15, 0.2) is 12.4 Å². The Labute approximate surface area is 132 Å². The molecule has 6 heteroatoms. The van der Waals surface area contributed by atoms with Gasteiger partial charge in [-0.05, 0) is 20.3 Å². The number of aromatic nitrogens is 2. The molecular weight excluding hydrogens is 280 g/mol. The van der Waals surface area contributed by atoms with E-state index in [1.165, 1.54) is 12.0 Å². The molecule has 1 saturated heterocycles. The fourth-order valence-electron chi connectivity index (χ4n) is 3.20. The first-order chi connectivity index (χ1) is 10.5. The highest BCUT2D eigenvalue weighted by molar-refractivity contribution is 5.66. The van der Waals surface area contributed by atoms with Crippen LogP contribution in [0, 0.1) is 0 Å². The van der Waals surface area contributed by atoms with Gasteiger partial charge < -0.3 is 5.11 Å². The summed E-state index contributed by atoms with van der Waals surface area (Å²) in [6.45, 7) is 11.4. The maximum absolute atomic E-state index is 10.6. The van der Waals surface area contributed by atoms with Gasteiger partial charge in [-0.1, -0.05) is 6.92 Å². The molecule has 0 spiro atoms. The number of hydrogen-bond acceptors (Lipinski definition) is 4. The van der Waals surface area contributed by atoms with Gasteiger partial charge in [-0.25, -0.2) is 0 Å². The normalized spacial score (nSPS) is 20.6. The Morgan fingerprint density at radius 3 is 2.86 bits per heavy atom. The van der Waals surface area contributed by atoms with Gasteiger partial charge in [0.05, 0.1) is 19.2 Å². The highest BCUT2D eigenvalue weighted by Crippen LogP contribution is 2.17. The molecule has 1 aromatic heterocycles. The molecule has 1 fully saturated rings. The van der Waals surface area contributed by atoms with Crippen LogP contribution in [0.25, 0.3) is 0 Å². The van der Waals surface area contributed by atoms with Crippen molar-refractivity contribution in [2.24, 2.45) is 0 Å². The highest BCUT2D eigenvalue weighted by Gasteiger charge is 2.27. The van der Waals surface area contributed by atoms with Crippen molar-refractivity contribution in [2.75, 3.05) is 19.6 Å². The Kier molecular flexibility index (Phi) is 5.97. The van der Waals surface area contributed by atoms with Crippen LogP contribution in [0.4, 0.5) is 0 Å². The molecule has 0 saturated carbocycles. The number of hydrogen-bond donors (Lipinski definition) is 1. The Morgan fingerprint density at radius 1 is 1.45 bits per heavy atom. The minimum absolute atomic E-state index is 0.117. The summed E-state index contributed by atoms with van der Waals surface area (Å²) in [7, 11) is 0. The quantitative estimate of drug-likeness (QED) is 0.830. The molecule has 0 amide bonds. The lowest BCUT2D eigenvalue weighted by Crippen LogP contribution is -2.54. The second-order valence-corrected chi connectivity index (χ2v) is 6.38. The van der Waals surface area contributed by atoms with Crippen LogP contribution < -0.4 is 0 Å². The van der Waals surface area contributed by atoms with Crippen molar-refractivity contribution in [2.45, 2.75) is 58.8 Å². The largest absolute Gasteiger partial charge is 0.481 e. The third-order valence-electron chi connectivity index (χ3n) is 4.39. The number of piperazine rings is 1. The fourth-order valence-corrected chi connectivity index (χ4v) is 3.20. The average molecular weight is 308 g/mol. The molecule has 2 heterocycles. The number of nitrogens with zero attached hydrogens (tertiary/aromatic N) is 4. The smallest absolute Gasteiger partial charge is 0.305 e. The topological polar surface area (TPSA) is 61.6 Å². The molecule has 6 nitrogen and oxygen atoms in total. The second kappa shape index (κ2) is 7.74. The number of rotatable bonds is 7. The van der Waals surface area contributed by atoms with Gasteiger partial charge in [0, 0.05) is 50.0 Å². The van der Waals surface area contributed by atoms with Crippen molar-refractivity contribution >= 4 is 5.97 Å². The van der Waals surface area contributed by atoms with E-state index in [9.17, 15) is 4.79 Å². The predicted octanol–water partition coefficient (Wildman–Crippen LogP) is 1.66. The van der Waals surface area contributed by atoms with E-state index >= 15 is 0 Å². The first-order valence-corrected chi connectivity index (χ1v) is 8.20. The molecular formula is C16H28N4O2. The Balaban J connectivity index is 1.87. The van der Waals surface area contributed by atoms with Gasteiger partial charge in [-0.2, -0.15) is 5.10 Å². The van der Waals surface area contributed by atoms with Crippen LogP contribution >= 0.6 is 0 Å². The standard InChI is InChI=1S/C16H28N4O2/c1-4-15-12-18(7-8-20(15)13(2)3)10-14-9-17-19(11-14)6-5-16(21)22/h9,11,13,15H,4-8,10,12H2,1-3H3,(H,21,22). The van der Waals surface area contributed by atoms with Gasteiger partial charge >= 0.3 is 5.97 Å². The first-order valence-electron chi connectivity index (χ1n) is 8.20. The van der Waals surface area contributed by atoms with Crippen molar-refractivity contribution in [3.63, 3.8) is 0 Å². The van der Waals surface area contributed by atoms with E-state index in [0.717, 1.165) is 26.2 Å². The van der Waals surface area contributed by atoms with E-state index in [0.29, 0.717) is 18.6 Å². The van der Waals surface area contributed by atoms with E-state index in [1.54, 1.807) is 4.68 Å². The van der Waals surface area contributed by atoms with Gasteiger partial charge in [0.2, 0.25) is 0 Å². The SMILES string of the molecule is CCC1CN(Cc2cnn(CCC(=O)O)c2)CCN1C(C)C. The lowest BCUT2D eigenvalue weighted by molar-refractivity contribution is -0.137. The van der Waals surface area contributed by atoms with E-state index in [2.05, 4.69) is 35.7 Å². The summed E-state index contributed by atoms with van der Waals surface area (Å²) in [5.41, 5.74) is 1.17. The Hall–Kier alpha value is -1.40. The summed E-state index contributed by atoms with van der Waals surface area (Å²) in [6.07, 6.45) is 5.12. The molecule has 22 heavy (non-hydrogen) atoms. The lowest BCUT2D eigenvalue weighted by Gasteiger charge is -2.43. The highest BCUT2D eigenvalue weighted by atomic mass is 16.4. The van der Waals surface area contributed by atoms with E-state index in [-0.39, 0.29) is 6.42 Å². The average Bonchev–Trinajstić information content (AvgIpc) is 2.92. The van der Waals surface area contributed by atoms with E-state index < -0.39 is 5.97 Å². The maximum atomic E-state index is 10.6. The number of carboxylic acid groups (broad SMARTS) is 1. The molecule has 0 bridgehead atoms. The van der Waals surface area contributed by atoms with Crippen molar-refractivity contribution in [1.82, 2.24) is 19.6 Å². The minimum Gasteiger partial charge on any atom is -0.481 e. The Bertz CT molecular complexity index is 486. The molecule has 0 aliphatic carbocycles. The van der Waals surface area contributed by atoms with E-state index in [1.807, 2.05) is 12.4 Å². The van der Waals surface area contributed by atoms with Gasteiger partial charge in [-0.15, -0.1) is 0 Å². The van der Waals surface area contributed by atoms with Crippen molar-refractivity contribution in [1.29, 1.82) is 0 Å². The van der Waals surface area contributed by atoms with Crippen LogP contribution in [0.1, 0.15) is 39.2 Å². The Morgan fingerprint density at radius 2 is 2.23 bits per heavy atom. The predicted molar refractivity (Wildman–Crippen MR) is 85.7 cm³/mol. The second-order valence-electron chi connectivity index (χ2n) is 6.38. The zero-order valence-corrected chi connectivity index (χ0v) is 13.9. The molecule has 1 unspecified atom stereocenters. The maximum Gasteiger partial charge on any atom is 0.305 e. The summed E-state index contributed by atoms with van der Waals surface area (Å²) in [5.74, 6) is -0.785. The lowest BCUT2D eigenvalue weighted by atomic mass is 10.1. The summed E-state index contributed by atoms with van der Waals surface area (Å²) in [4.78, 5) is 15.7. The van der Waals surface area contributed by atoms with Crippen molar-refractivity contribution < 1.29 is 9.90 Å². The molecule has 1 aromatic rings. The monoisotopic (exact) mass is 308 g/mol. The van der Waals surface area contributed by atoms with Gasteiger partial charge in [0.1, 0.15) is 0 Å². The minimum atomic E-state index is -0.785. The molecule has 0 radical (unpaired) electrons.